The maximum atomic E-state index is 12.5. The molecule has 240 valence electrons. The highest BCUT2D eigenvalue weighted by Gasteiger charge is 2.40. The van der Waals surface area contributed by atoms with E-state index in [0.29, 0.717) is 16.5 Å². The molecule has 2 aromatic rings. The van der Waals surface area contributed by atoms with E-state index in [4.69, 9.17) is 16.6 Å². The van der Waals surface area contributed by atoms with Crippen molar-refractivity contribution < 1.29 is 32.7 Å². The van der Waals surface area contributed by atoms with Crippen LogP contribution in [0.4, 0.5) is 5.69 Å². The molecule has 0 radical (unpaired) electrons. The fourth-order valence-corrected chi connectivity index (χ4v) is 6.53. The maximum Gasteiger partial charge on any atom is 0.328 e. The van der Waals surface area contributed by atoms with E-state index in [1.165, 1.54) is 25.0 Å². The summed E-state index contributed by atoms with van der Waals surface area (Å²) >= 11 is 0. The molecule has 2 heterocycles. The minimum Gasteiger partial charge on any atom is -0.480 e. The SMILES string of the molecule is CC.NC(N)=Nc1cccc(C(=O)NCC(=O)NCC(NC=O)C(=O)O)c1.O=S(=O)(c1ccccc1)N1CC2CCC1CC2. The topological polar surface area (TPSA) is 226 Å². The fraction of sp³-hybridized carbons (Fsp3) is 0.414. The van der Waals surface area contributed by atoms with Crippen LogP contribution in [0.2, 0.25) is 0 Å². The van der Waals surface area contributed by atoms with Gasteiger partial charge >= 0.3 is 5.97 Å². The number of hydrogen-bond donors (Lipinski definition) is 6. The third-order valence-corrected chi connectivity index (χ3v) is 8.79. The second kappa shape index (κ2) is 17.6. The number of sulfonamides is 1. The number of rotatable bonds is 11. The Kier molecular flexibility index (Phi) is 14.3. The Morgan fingerprint density at radius 2 is 1.68 bits per heavy atom. The summed E-state index contributed by atoms with van der Waals surface area (Å²) in [4.78, 5) is 48.9. The number of amides is 3. The molecule has 44 heavy (non-hydrogen) atoms. The number of hydrogen-bond acceptors (Lipinski definition) is 7. The molecule has 2 bridgehead atoms. The number of carbonyl (C=O) groups is 4. The summed E-state index contributed by atoms with van der Waals surface area (Å²) in [6, 6.07) is 13.9. The van der Waals surface area contributed by atoms with E-state index in [1.54, 1.807) is 40.7 Å². The van der Waals surface area contributed by atoms with Gasteiger partial charge in [0.25, 0.3) is 5.91 Å². The third kappa shape index (κ3) is 10.6. The van der Waals surface area contributed by atoms with Crippen molar-refractivity contribution in [2.75, 3.05) is 19.6 Å². The van der Waals surface area contributed by atoms with Gasteiger partial charge in [0.1, 0.15) is 6.04 Å². The summed E-state index contributed by atoms with van der Waals surface area (Å²) in [5.74, 6) is -2.03. The Bertz CT molecular complexity index is 1390. The number of piperidine rings is 2. The van der Waals surface area contributed by atoms with Gasteiger partial charge in [0, 0.05) is 24.7 Å². The van der Waals surface area contributed by atoms with Crippen LogP contribution in [0.3, 0.4) is 0 Å². The largest absolute Gasteiger partial charge is 0.480 e. The van der Waals surface area contributed by atoms with Crippen molar-refractivity contribution >= 4 is 45.9 Å². The first-order chi connectivity index (χ1) is 21.0. The first-order valence-electron chi connectivity index (χ1n) is 14.2. The molecule has 14 nitrogen and oxygen atoms in total. The molecule has 3 fully saturated rings. The van der Waals surface area contributed by atoms with Crippen molar-refractivity contribution in [1.29, 1.82) is 0 Å². The maximum absolute atomic E-state index is 12.5. The van der Waals surface area contributed by atoms with E-state index in [1.807, 2.05) is 25.2 Å². The normalized spacial score (nSPS) is 17.7. The Labute approximate surface area is 257 Å². The Hall–Kier alpha value is -4.50. The number of fused-ring (bicyclic) bond motifs is 3. The number of guanidine groups is 1. The Balaban J connectivity index is 0.000000306. The Morgan fingerprint density at radius 3 is 2.23 bits per heavy atom. The molecule has 8 N–H and O–H groups in total. The lowest BCUT2D eigenvalue weighted by atomic mass is 9.82. The number of carbonyl (C=O) groups excluding carboxylic acids is 3. The van der Waals surface area contributed by atoms with Gasteiger partial charge in [0.05, 0.1) is 17.1 Å². The molecule has 2 aromatic carbocycles. The molecule has 1 aliphatic carbocycles. The van der Waals surface area contributed by atoms with Gasteiger partial charge < -0.3 is 32.5 Å². The predicted molar refractivity (Wildman–Crippen MR) is 165 cm³/mol. The van der Waals surface area contributed by atoms with E-state index in [9.17, 15) is 27.6 Å². The van der Waals surface area contributed by atoms with Crippen LogP contribution in [0.25, 0.3) is 0 Å². The molecule has 3 aliphatic rings. The van der Waals surface area contributed by atoms with Crippen LogP contribution in [0.1, 0.15) is 49.9 Å². The number of aliphatic carboxylic acids is 1. The van der Waals surface area contributed by atoms with Crippen LogP contribution in [0, 0.1) is 5.92 Å². The number of carboxylic acids is 1. The molecular formula is C29H41N7O7S. The zero-order valence-electron chi connectivity index (χ0n) is 24.8. The molecule has 15 heteroatoms. The van der Waals surface area contributed by atoms with Crippen molar-refractivity contribution in [2.45, 2.75) is 56.5 Å². The summed E-state index contributed by atoms with van der Waals surface area (Å²) in [5.41, 5.74) is 11.1. The monoisotopic (exact) mass is 631 g/mol. The first-order valence-corrected chi connectivity index (χ1v) is 15.7. The van der Waals surface area contributed by atoms with E-state index >= 15 is 0 Å². The summed E-state index contributed by atoms with van der Waals surface area (Å²) in [6.07, 6.45) is 4.70. The highest BCUT2D eigenvalue weighted by molar-refractivity contribution is 7.89. The standard InChI is InChI=1S/C14H18N6O5.C13H17NO2S.C2H6/c15-14(16)20-9-3-1-2-8(4-9)12(23)18-6-11(22)17-5-10(13(24)25)19-7-21;15-17(16,13-4-2-1-3-5-13)14-10-11-6-8-12(14)9-7-11;1-2/h1-4,7,10H,5-6H2,(H,17,22)(H,18,23)(H,19,21)(H,24,25)(H4,15,16,20);1-5,11-12H,6-10H2;1-2H3. The third-order valence-electron chi connectivity index (χ3n) is 6.86. The van der Waals surface area contributed by atoms with Crippen molar-refractivity contribution in [2.24, 2.45) is 22.4 Å². The molecule has 0 aromatic heterocycles. The summed E-state index contributed by atoms with van der Waals surface area (Å²) in [7, 11) is -3.26. The number of nitrogens with one attached hydrogen (secondary N) is 3. The van der Waals surface area contributed by atoms with Crippen LogP contribution in [0.15, 0.2) is 64.5 Å². The second-order valence-corrected chi connectivity index (χ2v) is 11.7. The van der Waals surface area contributed by atoms with Gasteiger partial charge in [-0.1, -0.05) is 38.1 Å². The molecule has 1 saturated carbocycles. The lowest BCUT2D eigenvalue weighted by Crippen LogP contribution is -2.50. The van der Waals surface area contributed by atoms with E-state index in [0.717, 1.165) is 19.4 Å². The molecule has 1 unspecified atom stereocenters. The van der Waals surface area contributed by atoms with Crippen LogP contribution < -0.4 is 27.4 Å². The number of nitrogens with two attached hydrogens (primary N) is 2. The fourth-order valence-electron chi connectivity index (χ4n) is 4.75. The lowest BCUT2D eigenvalue weighted by molar-refractivity contribution is -0.140. The van der Waals surface area contributed by atoms with Gasteiger partial charge in [0.2, 0.25) is 22.3 Å². The highest BCUT2D eigenvalue weighted by Crippen LogP contribution is 2.37. The Morgan fingerprint density at radius 1 is 1.02 bits per heavy atom. The highest BCUT2D eigenvalue weighted by atomic mass is 32.2. The van der Waals surface area contributed by atoms with Gasteiger partial charge in [-0.25, -0.2) is 18.2 Å². The first kappa shape index (κ1) is 35.7. The molecule has 3 amide bonds. The van der Waals surface area contributed by atoms with E-state index in [-0.39, 0.29) is 37.1 Å². The van der Waals surface area contributed by atoms with Crippen molar-refractivity contribution in [3.05, 3.63) is 60.2 Å². The molecular weight excluding hydrogens is 590 g/mol. The van der Waals surface area contributed by atoms with Crippen molar-refractivity contribution in [3.63, 3.8) is 0 Å². The average Bonchev–Trinajstić information content (AvgIpc) is 3.03. The molecule has 0 spiro atoms. The smallest absolute Gasteiger partial charge is 0.328 e. The quantitative estimate of drug-likeness (QED) is 0.118. The van der Waals surface area contributed by atoms with E-state index in [2.05, 4.69) is 15.6 Å². The number of carboxylic acid groups (broad SMARTS) is 1. The zero-order valence-corrected chi connectivity index (χ0v) is 25.6. The van der Waals surface area contributed by atoms with Gasteiger partial charge in [-0.2, -0.15) is 4.31 Å². The minimum absolute atomic E-state index is 0.158. The molecule has 2 saturated heterocycles. The second-order valence-electron chi connectivity index (χ2n) is 9.81. The molecule has 5 rings (SSSR count). The molecule has 2 aliphatic heterocycles. The number of aliphatic imine (C=N–C) groups is 1. The van der Waals surface area contributed by atoms with Gasteiger partial charge in [-0.05, 0) is 61.9 Å². The van der Waals surface area contributed by atoms with Gasteiger partial charge in [-0.3, -0.25) is 14.4 Å². The summed E-state index contributed by atoms with van der Waals surface area (Å²) in [6.45, 7) is 4.03. The van der Waals surface area contributed by atoms with E-state index < -0.39 is 33.8 Å². The molecule has 1 atom stereocenters. The minimum atomic E-state index is -3.26. The zero-order chi connectivity index (χ0) is 32.7. The van der Waals surface area contributed by atoms with Crippen LogP contribution in [-0.2, 0) is 24.4 Å². The van der Waals surface area contributed by atoms with Crippen LogP contribution >= 0.6 is 0 Å². The van der Waals surface area contributed by atoms with Gasteiger partial charge in [0.15, 0.2) is 5.96 Å². The average molecular weight is 632 g/mol. The summed E-state index contributed by atoms with van der Waals surface area (Å²) < 4.78 is 26.7. The van der Waals surface area contributed by atoms with Crippen molar-refractivity contribution in [1.82, 2.24) is 20.3 Å². The van der Waals surface area contributed by atoms with Crippen LogP contribution in [0.5, 0.6) is 0 Å². The lowest BCUT2D eigenvalue weighted by Gasteiger charge is -2.44. The van der Waals surface area contributed by atoms with Crippen LogP contribution in [-0.4, -0.2) is 79.7 Å². The number of nitrogens with zero attached hydrogens (tertiary/aromatic N) is 2. The van der Waals surface area contributed by atoms with Gasteiger partial charge in [-0.15, -0.1) is 0 Å². The summed E-state index contributed by atoms with van der Waals surface area (Å²) in [5, 5.41) is 15.5. The van der Waals surface area contributed by atoms with Crippen molar-refractivity contribution in [3.8, 4) is 0 Å². The number of benzene rings is 2. The predicted octanol–water partition coefficient (Wildman–Crippen LogP) is 0.913.